The van der Waals surface area contributed by atoms with Crippen molar-refractivity contribution in [2.75, 3.05) is 31.5 Å². The summed E-state index contributed by atoms with van der Waals surface area (Å²) in [5, 5.41) is 6.13. The zero-order valence-electron chi connectivity index (χ0n) is 16.5. The number of amides is 1. The summed E-state index contributed by atoms with van der Waals surface area (Å²) in [6.45, 7) is 0.530. The van der Waals surface area contributed by atoms with E-state index in [1.807, 2.05) is 48.5 Å². The molecule has 6 heteroatoms. The molecule has 0 saturated carbocycles. The van der Waals surface area contributed by atoms with Crippen LogP contribution >= 0.6 is 0 Å². The number of ether oxygens (including phenoxy) is 3. The maximum Gasteiger partial charge on any atom is 0.262 e. The van der Waals surface area contributed by atoms with E-state index in [0.717, 1.165) is 17.0 Å². The Balaban J connectivity index is 1.54. The quantitative estimate of drug-likeness (QED) is 0.567. The third kappa shape index (κ3) is 5.90. The first kappa shape index (κ1) is 20.1. The predicted octanol–water partition coefficient (Wildman–Crippen LogP) is 4.33. The summed E-state index contributed by atoms with van der Waals surface area (Å²) in [5.41, 5.74) is 2.76. The molecule has 1 amide bonds. The number of rotatable bonds is 9. The lowest BCUT2D eigenvalue weighted by Crippen LogP contribution is -2.20. The zero-order chi connectivity index (χ0) is 20.5. The molecule has 3 rings (SSSR count). The van der Waals surface area contributed by atoms with Gasteiger partial charge in [0, 0.05) is 17.9 Å². The largest absolute Gasteiger partial charge is 0.497 e. The van der Waals surface area contributed by atoms with E-state index >= 15 is 0 Å². The van der Waals surface area contributed by atoms with E-state index < -0.39 is 0 Å². The summed E-state index contributed by atoms with van der Waals surface area (Å²) in [4.78, 5) is 12.1. The van der Waals surface area contributed by atoms with Crippen LogP contribution in [0.25, 0.3) is 0 Å². The van der Waals surface area contributed by atoms with Gasteiger partial charge in [-0.25, -0.2) is 0 Å². The molecule has 0 aliphatic rings. The second-order valence-electron chi connectivity index (χ2n) is 6.27. The molecule has 0 atom stereocenters. The van der Waals surface area contributed by atoms with Crippen LogP contribution in [-0.4, -0.2) is 26.7 Å². The fourth-order valence-corrected chi connectivity index (χ4v) is 2.72. The number of anilines is 2. The molecule has 0 fully saturated rings. The Bertz CT molecular complexity index is 927. The topological polar surface area (TPSA) is 68.8 Å². The second kappa shape index (κ2) is 10.0. The Kier molecular flexibility index (Phi) is 6.95. The Morgan fingerprint density at radius 2 is 1.59 bits per heavy atom. The van der Waals surface area contributed by atoms with E-state index in [0.29, 0.717) is 23.7 Å². The van der Waals surface area contributed by atoms with Gasteiger partial charge in [0.25, 0.3) is 5.91 Å². The van der Waals surface area contributed by atoms with Gasteiger partial charge in [0.05, 0.1) is 14.2 Å². The van der Waals surface area contributed by atoms with Crippen LogP contribution < -0.4 is 24.8 Å². The van der Waals surface area contributed by atoms with E-state index in [1.165, 1.54) is 0 Å². The van der Waals surface area contributed by atoms with Crippen molar-refractivity contribution in [3.8, 4) is 17.2 Å². The van der Waals surface area contributed by atoms with Gasteiger partial charge in [0.2, 0.25) is 0 Å². The van der Waals surface area contributed by atoms with Crippen LogP contribution in [-0.2, 0) is 11.3 Å². The zero-order valence-corrected chi connectivity index (χ0v) is 16.5. The first-order valence-corrected chi connectivity index (χ1v) is 9.20. The standard InChI is InChI=1S/C23H24N2O4/c1-27-20-11-9-19(10-12-20)25-23(26)16-29-21-13-8-17(14-22(21)28-2)15-24-18-6-4-3-5-7-18/h3-14,24H,15-16H2,1-2H3,(H,25,26). The number of methoxy groups -OCH3 is 2. The van der Waals surface area contributed by atoms with E-state index in [1.54, 1.807) is 38.5 Å². The van der Waals surface area contributed by atoms with Gasteiger partial charge in [0.15, 0.2) is 18.1 Å². The molecule has 29 heavy (non-hydrogen) atoms. The van der Waals surface area contributed by atoms with Gasteiger partial charge in [0.1, 0.15) is 5.75 Å². The third-order valence-electron chi connectivity index (χ3n) is 4.23. The molecular weight excluding hydrogens is 368 g/mol. The van der Waals surface area contributed by atoms with Crippen LogP contribution in [0, 0.1) is 0 Å². The number of benzene rings is 3. The first-order chi connectivity index (χ1) is 14.2. The summed E-state index contributed by atoms with van der Waals surface area (Å²) in [6.07, 6.45) is 0. The molecule has 3 aromatic rings. The number of carbonyl (C=O) groups excluding carboxylic acids is 1. The second-order valence-corrected chi connectivity index (χ2v) is 6.27. The third-order valence-corrected chi connectivity index (χ3v) is 4.23. The van der Waals surface area contributed by atoms with Gasteiger partial charge in [-0.1, -0.05) is 24.3 Å². The fraction of sp³-hybridized carbons (Fsp3) is 0.174. The molecule has 0 saturated heterocycles. The number of hydrogen-bond acceptors (Lipinski definition) is 5. The predicted molar refractivity (Wildman–Crippen MR) is 114 cm³/mol. The highest BCUT2D eigenvalue weighted by molar-refractivity contribution is 5.91. The van der Waals surface area contributed by atoms with Gasteiger partial charge in [-0.3, -0.25) is 4.79 Å². The van der Waals surface area contributed by atoms with Crippen molar-refractivity contribution >= 4 is 17.3 Å². The Hall–Kier alpha value is -3.67. The van der Waals surface area contributed by atoms with Crippen LogP contribution in [0.1, 0.15) is 5.56 Å². The van der Waals surface area contributed by atoms with Crippen molar-refractivity contribution in [1.82, 2.24) is 0 Å². The number of hydrogen-bond donors (Lipinski definition) is 2. The molecule has 0 aliphatic carbocycles. The lowest BCUT2D eigenvalue weighted by atomic mass is 10.2. The summed E-state index contributed by atoms with van der Waals surface area (Å²) in [7, 11) is 3.17. The van der Waals surface area contributed by atoms with Crippen molar-refractivity contribution in [2.45, 2.75) is 6.54 Å². The van der Waals surface area contributed by atoms with E-state index in [9.17, 15) is 4.79 Å². The van der Waals surface area contributed by atoms with Crippen molar-refractivity contribution in [1.29, 1.82) is 0 Å². The van der Waals surface area contributed by atoms with Crippen molar-refractivity contribution in [3.63, 3.8) is 0 Å². The molecule has 2 N–H and O–H groups in total. The molecular formula is C23H24N2O4. The van der Waals surface area contributed by atoms with Crippen LogP contribution in [0.4, 0.5) is 11.4 Å². The van der Waals surface area contributed by atoms with E-state index in [-0.39, 0.29) is 12.5 Å². The maximum atomic E-state index is 12.1. The fourth-order valence-electron chi connectivity index (χ4n) is 2.72. The first-order valence-electron chi connectivity index (χ1n) is 9.20. The average molecular weight is 392 g/mol. The lowest BCUT2D eigenvalue weighted by Gasteiger charge is -2.13. The van der Waals surface area contributed by atoms with Crippen LogP contribution in [0.15, 0.2) is 72.8 Å². The average Bonchev–Trinajstić information content (AvgIpc) is 2.77. The highest BCUT2D eigenvalue weighted by atomic mass is 16.5. The minimum absolute atomic E-state index is 0.121. The summed E-state index contributed by atoms with van der Waals surface area (Å²) < 4.78 is 16.2. The number of carbonyl (C=O) groups is 1. The number of para-hydroxylation sites is 1. The Labute approximate surface area is 170 Å². The molecule has 0 bridgehead atoms. The molecule has 0 radical (unpaired) electrons. The summed E-state index contributed by atoms with van der Waals surface area (Å²) in [5.74, 6) is 1.56. The minimum atomic E-state index is -0.257. The monoisotopic (exact) mass is 392 g/mol. The van der Waals surface area contributed by atoms with E-state index in [2.05, 4.69) is 10.6 Å². The van der Waals surface area contributed by atoms with Crippen molar-refractivity contribution in [2.24, 2.45) is 0 Å². The van der Waals surface area contributed by atoms with Gasteiger partial charge >= 0.3 is 0 Å². The van der Waals surface area contributed by atoms with Crippen molar-refractivity contribution < 1.29 is 19.0 Å². The molecule has 3 aromatic carbocycles. The molecule has 0 unspecified atom stereocenters. The Morgan fingerprint density at radius 1 is 0.828 bits per heavy atom. The van der Waals surface area contributed by atoms with Gasteiger partial charge in [-0.05, 0) is 54.1 Å². The highest BCUT2D eigenvalue weighted by Gasteiger charge is 2.09. The molecule has 0 heterocycles. The summed E-state index contributed by atoms with van der Waals surface area (Å²) in [6, 6.07) is 22.7. The molecule has 0 aromatic heterocycles. The summed E-state index contributed by atoms with van der Waals surface area (Å²) >= 11 is 0. The van der Waals surface area contributed by atoms with Crippen molar-refractivity contribution in [3.05, 3.63) is 78.4 Å². The van der Waals surface area contributed by atoms with Gasteiger partial charge in [-0.15, -0.1) is 0 Å². The van der Waals surface area contributed by atoms with Gasteiger partial charge < -0.3 is 24.8 Å². The van der Waals surface area contributed by atoms with Gasteiger partial charge in [-0.2, -0.15) is 0 Å². The molecule has 150 valence electrons. The lowest BCUT2D eigenvalue weighted by molar-refractivity contribution is -0.118. The smallest absolute Gasteiger partial charge is 0.262 e. The SMILES string of the molecule is COc1ccc(NC(=O)COc2ccc(CNc3ccccc3)cc2OC)cc1. The van der Waals surface area contributed by atoms with E-state index in [4.69, 9.17) is 14.2 Å². The highest BCUT2D eigenvalue weighted by Crippen LogP contribution is 2.28. The normalized spacial score (nSPS) is 10.1. The molecule has 6 nitrogen and oxygen atoms in total. The van der Waals surface area contributed by atoms with Crippen LogP contribution in [0.3, 0.4) is 0 Å². The minimum Gasteiger partial charge on any atom is -0.497 e. The van der Waals surface area contributed by atoms with Crippen LogP contribution in [0.2, 0.25) is 0 Å². The maximum absolute atomic E-state index is 12.1. The number of nitrogens with one attached hydrogen (secondary N) is 2. The molecule has 0 aliphatic heterocycles. The van der Waals surface area contributed by atoms with Crippen LogP contribution in [0.5, 0.6) is 17.2 Å². The Morgan fingerprint density at radius 3 is 2.28 bits per heavy atom. The molecule has 0 spiro atoms.